The van der Waals surface area contributed by atoms with E-state index in [1.807, 2.05) is 37.3 Å². The number of nitrogens with one attached hydrogen (secondary N) is 1. The van der Waals surface area contributed by atoms with Crippen LogP contribution in [0.4, 0.5) is 4.39 Å². The van der Waals surface area contributed by atoms with Crippen LogP contribution < -0.4 is 10.1 Å². The van der Waals surface area contributed by atoms with Crippen LogP contribution in [0.1, 0.15) is 37.2 Å². The van der Waals surface area contributed by atoms with Crippen molar-refractivity contribution in [3.63, 3.8) is 0 Å². The predicted molar refractivity (Wildman–Crippen MR) is 117 cm³/mol. The van der Waals surface area contributed by atoms with Gasteiger partial charge in [-0.25, -0.2) is 18.9 Å². The Morgan fingerprint density at radius 1 is 1.19 bits per heavy atom. The number of aromatic nitrogens is 4. The highest BCUT2D eigenvalue weighted by Crippen LogP contribution is 2.48. The van der Waals surface area contributed by atoms with Crippen molar-refractivity contribution in [3.05, 3.63) is 78.1 Å². The summed E-state index contributed by atoms with van der Waals surface area (Å²) in [5.74, 6) is 0.793. The number of halogens is 1. The van der Waals surface area contributed by atoms with Crippen LogP contribution in [-0.4, -0.2) is 32.6 Å². The number of carbonyl (C=O) groups excluding carboxylic acids is 1. The van der Waals surface area contributed by atoms with Gasteiger partial charge in [0.1, 0.15) is 17.9 Å². The summed E-state index contributed by atoms with van der Waals surface area (Å²) in [6.07, 6.45) is 3.00. The molecule has 0 saturated heterocycles. The summed E-state index contributed by atoms with van der Waals surface area (Å²) < 4.78 is 20.4. The maximum absolute atomic E-state index is 13.7. The smallest absolute Gasteiger partial charge is 0.231 e. The lowest BCUT2D eigenvalue weighted by Gasteiger charge is -2.18. The van der Waals surface area contributed by atoms with Gasteiger partial charge in [-0.15, -0.1) is 5.10 Å². The van der Waals surface area contributed by atoms with Crippen LogP contribution in [-0.2, 0) is 10.2 Å². The van der Waals surface area contributed by atoms with Gasteiger partial charge < -0.3 is 10.1 Å². The van der Waals surface area contributed by atoms with E-state index in [2.05, 4.69) is 20.4 Å². The van der Waals surface area contributed by atoms with Gasteiger partial charge in [0.2, 0.25) is 5.91 Å². The molecule has 1 aliphatic rings. The fourth-order valence-electron chi connectivity index (χ4n) is 3.87. The number of hydrogen-bond donors (Lipinski definition) is 1. The van der Waals surface area contributed by atoms with Crippen molar-refractivity contribution in [3.8, 4) is 17.0 Å². The van der Waals surface area contributed by atoms with Gasteiger partial charge in [0, 0.05) is 11.6 Å². The number of methoxy groups -OCH3 is 1. The van der Waals surface area contributed by atoms with Gasteiger partial charge in [-0.05, 0) is 61.7 Å². The van der Waals surface area contributed by atoms with Gasteiger partial charge in [0.15, 0.2) is 11.5 Å². The number of rotatable bonds is 6. The summed E-state index contributed by atoms with van der Waals surface area (Å²) in [5.41, 5.74) is 2.37. The lowest BCUT2D eigenvalue weighted by Crippen LogP contribution is -2.36. The van der Waals surface area contributed by atoms with Crippen molar-refractivity contribution in [1.82, 2.24) is 24.9 Å². The second kappa shape index (κ2) is 7.71. The van der Waals surface area contributed by atoms with Gasteiger partial charge in [-0.1, -0.05) is 12.1 Å². The molecule has 1 aliphatic carbocycles. The van der Waals surface area contributed by atoms with Crippen LogP contribution in [0.3, 0.4) is 0 Å². The Balaban J connectivity index is 1.35. The van der Waals surface area contributed by atoms with E-state index in [1.54, 1.807) is 30.1 Å². The van der Waals surface area contributed by atoms with E-state index in [1.165, 1.54) is 12.1 Å². The third-order valence-electron chi connectivity index (χ3n) is 5.93. The summed E-state index contributed by atoms with van der Waals surface area (Å²) in [6, 6.07) is 15.3. The second-order valence-electron chi connectivity index (χ2n) is 8.06. The molecule has 2 aromatic carbocycles. The average Bonchev–Trinajstić information content (AvgIpc) is 3.52. The highest BCUT2D eigenvalue weighted by molar-refractivity contribution is 5.91. The van der Waals surface area contributed by atoms with E-state index in [-0.39, 0.29) is 11.7 Å². The Morgan fingerprint density at radius 2 is 1.97 bits per heavy atom. The van der Waals surface area contributed by atoms with Crippen molar-refractivity contribution < 1.29 is 13.9 Å². The molecule has 2 heterocycles. The SMILES string of the molecule is COc1ccc(-c2cc3nc([C@H](C)NC(=O)C4(c5cccc(F)c5)CC4)nn3cn2)cc1. The van der Waals surface area contributed by atoms with E-state index in [4.69, 9.17) is 4.74 Å². The largest absolute Gasteiger partial charge is 0.497 e. The number of carbonyl (C=O) groups is 1. The van der Waals surface area contributed by atoms with Gasteiger partial charge >= 0.3 is 0 Å². The van der Waals surface area contributed by atoms with E-state index in [0.29, 0.717) is 29.9 Å². The van der Waals surface area contributed by atoms with Crippen LogP contribution in [0.15, 0.2) is 60.9 Å². The number of amides is 1. The average molecular weight is 431 g/mol. The lowest BCUT2D eigenvalue weighted by molar-refractivity contribution is -0.124. The molecule has 8 heteroatoms. The summed E-state index contributed by atoms with van der Waals surface area (Å²) in [5, 5.41) is 7.47. The second-order valence-corrected chi connectivity index (χ2v) is 8.06. The van der Waals surface area contributed by atoms with Crippen LogP contribution >= 0.6 is 0 Å². The standard InChI is InChI=1S/C24H22FN5O2/c1-15(27-23(31)24(10-11-24)17-4-3-5-18(25)12-17)22-28-21-13-20(26-14-30(21)29-22)16-6-8-19(32-2)9-7-16/h3-9,12-15H,10-11H2,1-2H3,(H,27,31)/t15-/m0/s1. The van der Waals surface area contributed by atoms with Crippen molar-refractivity contribution in [2.24, 2.45) is 0 Å². The predicted octanol–water partition coefficient (Wildman–Crippen LogP) is 3.85. The number of ether oxygens (including phenoxy) is 1. The maximum Gasteiger partial charge on any atom is 0.231 e. The summed E-state index contributed by atoms with van der Waals surface area (Å²) in [7, 11) is 1.63. The molecule has 0 bridgehead atoms. The van der Waals surface area contributed by atoms with Crippen LogP contribution in [0.2, 0.25) is 0 Å². The Kier molecular flexibility index (Phi) is 4.84. The minimum atomic E-state index is -0.668. The molecule has 1 N–H and O–H groups in total. The summed E-state index contributed by atoms with van der Waals surface area (Å²) in [6.45, 7) is 1.84. The van der Waals surface area contributed by atoms with Crippen LogP contribution in [0, 0.1) is 5.82 Å². The Hall–Kier alpha value is -3.81. The topological polar surface area (TPSA) is 81.4 Å². The zero-order valence-corrected chi connectivity index (χ0v) is 17.7. The molecule has 4 aromatic rings. The third-order valence-corrected chi connectivity index (χ3v) is 5.93. The van der Waals surface area contributed by atoms with E-state index < -0.39 is 11.5 Å². The molecule has 1 fully saturated rings. The third kappa shape index (κ3) is 3.57. The molecule has 32 heavy (non-hydrogen) atoms. The van der Waals surface area contributed by atoms with E-state index in [0.717, 1.165) is 17.0 Å². The zero-order valence-electron chi connectivity index (χ0n) is 17.7. The van der Waals surface area contributed by atoms with Gasteiger partial charge in [0.05, 0.1) is 24.3 Å². The normalized spacial score (nSPS) is 15.3. The molecule has 0 spiro atoms. The lowest BCUT2D eigenvalue weighted by atomic mass is 9.94. The van der Waals surface area contributed by atoms with Crippen molar-refractivity contribution in [2.75, 3.05) is 7.11 Å². The molecule has 7 nitrogen and oxygen atoms in total. The molecule has 1 atom stereocenters. The van der Waals surface area contributed by atoms with Crippen LogP contribution in [0.25, 0.3) is 16.9 Å². The van der Waals surface area contributed by atoms with Crippen LogP contribution in [0.5, 0.6) is 5.75 Å². The molecule has 1 amide bonds. The first kappa shape index (κ1) is 20.1. The Bertz CT molecular complexity index is 1300. The maximum atomic E-state index is 13.7. The molecule has 2 aromatic heterocycles. The van der Waals surface area contributed by atoms with Crippen molar-refractivity contribution >= 4 is 11.6 Å². The Morgan fingerprint density at radius 3 is 2.66 bits per heavy atom. The summed E-state index contributed by atoms with van der Waals surface area (Å²) in [4.78, 5) is 22.1. The number of nitrogens with zero attached hydrogens (tertiary/aromatic N) is 4. The van der Waals surface area contributed by atoms with Gasteiger partial charge in [-0.2, -0.15) is 0 Å². The minimum Gasteiger partial charge on any atom is -0.497 e. The highest BCUT2D eigenvalue weighted by atomic mass is 19.1. The van der Waals surface area contributed by atoms with Gasteiger partial charge in [0.25, 0.3) is 0 Å². The molecular weight excluding hydrogens is 409 g/mol. The number of hydrogen-bond acceptors (Lipinski definition) is 5. The molecule has 5 rings (SSSR count). The Labute approximate surface area is 184 Å². The van der Waals surface area contributed by atoms with E-state index in [9.17, 15) is 9.18 Å². The van der Waals surface area contributed by atoms with Gasteiger partial charge in [-0.3, -0.25) is 4.79 Å². The fourth-order valence-corrected chi connectivity index (χ4v) is 3.87. The molecule has 1 saturated carbocycles. The highest BCUT2D eigenvalue weighted by Gasteiger charge is 2.51. The van der Waals surface area contributed by atoms with Crippen molar-refractivity contribution in [2.45, 2.75) is 31.2 Å². The number of benzene rings is 2. The van der Waals surface area contributed by atoms with Crippen molar-refractivity contribution in [1.29, 1.82) is 0 Å². The molecular formula is C24H22FN5O2. The first-order valence-electron chi connectivity index (χ1n) is 10.4. The number of fused-ring (bicyclic) bond motifs is 1. The summed E-state index contributed by atoms with van der Waals surface area (Å²) >= 11 is 0. The molecule has 0 radical (unpaired) electrons. The minimum absolute atomic E-state index is 0.133. The quantitative estimate of drug-likeness (QED) is 0.502. The first-order chi connectivity index (χ1) is 15.5. The molecule has 162 valence electrons. The fraction of sp³-hybridized carbons (Fsp3) is 0.250. The molecule has 0 unspecified atom stereocenters. The molecule has 0 aliphatic heterocycles. The first-order valence-corrected chi connectivity index (χ1v) is 10.4. The monoisotopic (exact) mass is 431 g/mol. The van der Waals surface area contributed by atoms with E-state index >= 15 is 0 Å². The zero-order chi connectivity index (χ0) is 22.3.